The Bertz CT molecular complexity index is 445. The molecule has 1 aromatic rings. The van der Waals surface area contributed by atoms with Gasteiger partial charge in [-0.2, -0.15) is 0 Å². The van der Waals surface area contributed by atoms with Crippen molar-refractivity contribution < 1.29 is 9.53 Å². The Labute approximate surface area is 120 Å². The predicted molar refractivity (Wildman–Crippen MR) is 78.7 cm³/mol. The number of carbonyl (C=O) groups is 1. The van der Waals surface area contributed by atoms with Crippen LogP contribution in [0.25, 0.3) is 0 Å². The minimum Gasteiger partial charge on any atom is -0.399 e. The summed E-state index contributed by atoms with van der Waals surface area (Å²) in [7, 11) is 1.84. The van der Waals surface area contributed by atoms with E-state index in [-0.39, 0.29) is 18.3 Å². The van der Waals surface area contributed by atoms with Gasteiger partial charge >= 0.3 is 0 Å². The van der Waals surface area contributed by atoms with Crippen molar-refractivity contribution in [1.29, 1.82) is 0 Å². The number of halogens is 1. The molecular formula is C14H21ClN2O2. The number of nitrogen functional groups attached to an aromatic ring is 1. The minimum absolute atomic E-state index is 0. The number of anilines is 1. The van der Waals surface area contributed by atoms with Crippen molar-refractivity contribution in [2.75, 3.05) is 32.5 Å². The van der Waals surface area contributed by atoms with Crippen LogP contribution in [-0.4, -0.2) is 37.6 Å². The van der Waals surface area contributed by atoms with Gasteiger partial charge in [0.1, 0.15) is 0 Å². The molecule has 1 aromatic carbocycles. The lowest BCUT2D eigenvalue weighted by molar-refractivity contribution is 0.0765. The van der Waals surface area contributed by atoms with E-state index in [0.717, 1.165) is 31.7 Å². The Hall–Kier alpha value is -1.26. The highest BCUT2D eigenvalue weighted by Crippen LogP contribution is 2.17. The summed E-state index contributed by atoms with van der Waals surface area (Å²) in [4.78, 5) is 14.1. The van der Waals surface area contributed by atoms with Crippen LogP contribution in [0.4, 0.5) is 5.69 Å². The Kier molecular flexibility index (Phi) is 5.63. The Morgan fingerprint density at radius 3 is 2.89 bits per heavy atom. The summed E-state index contributed by atoms with van der Waals surface area (Å²) in [6.45, 7) is 4.24. The molecule has 2 N–H and O–H groups in total. The van der Waals surface area contributed by atoms with Gasteiger partial charge in [0.2, 0.25) is 0 Å². The van der Waals surface area contributed by atoms with Crippen LogP contribution in [0.3, 0.4) is 0 Å². The number of hydrogen-bond donors (Lipinski definition) is 1. The molecular weight excluding hydrogens is 264 g/mol. The van der Waals surface area contributed by atoms with E-state index in [0.29, 0.717) is 17.2 Å². The molecule has 5 heteroatoms. The van der Waals surface area contributed by atoms with Crippen molar-refractivity contribution in [3.05, 3.63) is 29.3 Å². The van der Waals surface area contributed by atoms with Gasteiger partial charge in [-0.05, 0) is 31.0 Å². The molecule has 19 heavy (non-hydrogen) atoms. The normalized spacial score (nSPS) is 17.9. The van der Waals surface area contributed by atoms with Gasteiger partial charge < -0.3 is 15.4 Å². The quantitative estimate of drug-likeness (QED) is 0.865. The fourth-order valence-corrected chi connectivity index (χ4v) is 2.27. The van der Waals surface area contributed by atoms with Crippen LogP contribution in [-0.2, 0) is 4.74 Å². The number of carbonyl (C=O) groups excluding carboxylic acids is 1. The molecule has 0 aromatic heterocycles. The van der Waals surface area contributed by atoms with Crippen molar-refractivity contribution in [2.45, 2.75) is 13.3 Å². The molecule has 0 aliphatic carbocycles. The van der Waals surface area contributed by atoms with Crippen molar-refractivity contribution in [1.82, 2.24) is 4.90 Å². The van der Waals surface area contributed by atoms with E-state index in [1.807, 2.05) is 26.1 Å². The first-order chi connectivity index (χ1) is 8.58. The van der Waals surface area contributed by atoms with Crippen LogP contribution in [0.1, 0.15) is 22.3 Å². The van der Waals surface area contributed by atoms with Crippen LogP contribution < -0.4 is 5.73 Å². The second-order valence-corrected chi connectivity index (χ2v) is 4.99. The monoisotopic (exact) mass is 284 g/mol. The first-order valence-corrected chi connectivity index (χ1v) is 6.27. The van der Waals surface area contributed by atoms with Crippen LogP contribution in [0, 0.1) is 12.8 Å². The molecule has 1 fully saturated rings. The van der Waals surface area contributed by atoms with Gasteiger partial charge in [0.05, 0.1) is 6.61 Å². The van der Waals surface area contributed by atoms with E-state index >= 15 is 0 Å². The number of hydrogen-bond acceptors (Lipinski definition) is 3. The lowest BCUT2D eigenvalue weighted by atomic mass is 10.1. The minimum atomic E-state index is 0. The number of benzene rings is 1. The first kappa shape index (κ1) is 15.8. The van der Waals surface area contributed by atoms with Gasteiger partial charge in [0.15, 0.2) is 0 Å². The van der Waals surface area contributed by atoms with E-state index in [1.54, 1.807) is 11.0 Å². The zero-order valence-corrected chi connectivity index (χ0v) is 12.2. The van der Waals surface area contributed by atoms with E-state index in [4.69, 9.17) is 10.5 Å². The second-order valence-electron chi connectivity index (χ2n) is 4.99. The Balaban J connectivity index is 0.00000180. The molecule has 0 saturated carbocycles. The molecule has 4 nitrogen and oxygen atoms in total. The summed E-state index contributed by atoms with van der Waals surface area (Å²) >= 11 is 0. The number of amides is 1. The van der Waals surface area contributed by atoms with E-state index < -0.39 is 0 Å². The maximum absolute atomic E-state index is 12.3. The zero-order chi connectivity index (χ0) is 13.1. The maximum atomic E-state index is 12.3. The van der Waals surface area contributed by atoms with Gasteiger partial charge in [-0.15, -0.1) is 12.4 Å². The Morgan fingerprint density at radius 2 is 2.26 bits per heavy atom. The highest BCUT2D eigenvalue weighted by Gasteiger charge is 2.21. The SMILES string of the molecule is Cc1ccc(N)cc1C(=O)N(C)CC1CCOC1.Cl. The molecule has 1 amide bonds. The van der Waals surface area contributed by atoms with Crippen LogP contribution in [0.5, 0.6) is 0 Å². The van der Waals surface area contributed by atoms with E-state index in [1.165, 1.54) is 0 Å². The smallest absolute Gasteiger partial charge is 0.253 e. The first-order valence-electron chi connectivity index (χ1n) is 6.27. The number of ether oxygens (including phenoxy) is 1. The molecule has 106 valence electrons. The third-order valence-electron chi connectivity index (χ3n) is 3.39. The second kappa shape index (κ2) is 6.78. The lowest BCUT2D eigenvalue weighted by Crippen LogP contribution is -2.32. The number of nitrogens with two attached hydrogens (primary N) is 1. The van der Waals surface area contributed by atoms with Crippen molar-refractivity contribution in [3.63, 3.8) is 0 Å². The van der Waals surface area contributed by atoms with Gasteiger partial charge in [-0.25, -0.2) is 0 Å². The van der Waals surface area contributed by atoms with Gasteiger partial charge in [-0.1, -0.05) is 6.07 Å². The van der Waals surface area contributed by atoms with Gasteiger partial charge in [-0.3, -0.25) is 4.79 Å². The summed E-state index contributed by atoms with van der Waals surface area (Å²) < 4.78 is 5.33. The molecule has 1 aliphatic heterocycles. The van der Waals surface area contributed by atoms with Crippen LogP contribution in [0.15, 0.2) is 18.2 Å². The molecule has 1 saturated heterocycles. The highest BCUT2D eigenvalue weighted by atomic mass is 35.5. The summed E-state index contributed by atoms with van der Waals surface area (Å²) in [5.74, 6) is 0.493. The van der Waals surface area contributed by atoms with Gasteiger partial charge in [0, 0.05) is 37.4 Å². The van der Waals surface area contributed by atoms with Crippen LogP contribution in [0.2, 0.25) is 0 Å². The summed E-state index contributed by atoms with van der Waals surface area (Å²) in [6.07, 6.45) is 1.04. The average Bonchev–Trinajstić information content (AvgIpc) is 2.84. The molecule has 1 aliphatic rings. The fraction of sp³-hybridized carbons (Fsp3) is 0.500. The van der Waals surface area contributed by atoms with Gasteiger partial charge in [0.25, 0.3) is 5.91 Å². The van der Waals surface area contributed by atoms with Crippen molar-refractivity contribution in [2.24, 2.45) is 5.92 Å². The van der Waals surface area contributed by atoms with E-state index in [2.05, 4.69) is 0 Å². The molecule has 1 unspecified atom stereocenters. The summed E-state index contributed by atoms with van der Waals surface area (Å²) in [6, 6.07) is 5.45. The third-order valence-corrected chi connectivity index (χ3v) is 3.39. The highest BCUT2D eigenvalue weighted by molar-refractivity contribution is 5.96. The number of aryl methyl sites for hydroxylation is 1. The standard InChI is InChI=1S/C14H20N2O2.ClH/c1-10-3-4-12(15)7-13(10)14(17)16(2)8-11-5-6-18-9-11;/h3-4,7,11H,5-6,8-9,15H2,1-2H3;1H. The van der Waals surface area contributed by atoms with Crippen LogP contribution >= 0.6 is 12.4 Å². The topological polar surface area (TPSA) is 55.6 Å². The average molecular weight is 285 g/mol. The number of rotatable bonds is 3. The summed E-state index contributed by atoms with van der Waals surface area (Å²) in [5.41, 5.74) is 8.02. The number of nitrogens with zero attached hydrogens (tertiary/aromatic N) is 1. The third kappa shape index (κ3) is 3.85. The fourth-order valence-electron chi connectivity index (χ4n) is 2.27. The Morgan fingerprint density at radius 1 is 1.53 bits per heavy atom. The lowest BCUT2D eigenvalue weighted by Gasteiger charge is -2.21. The molecule has 0 radical (unpaired) electrons. The summed E-state index contributed by atoms with van der Waals surface area (Å²) in [5, 5.41) is 0. The predicted octanol–water partition coefficient (Wildman–Crippen LogP) is 2.11. The molecule has 1 heterocycles. The van der Waals surface area contributed by atoms with E-state index in [9.17, 15) is 4.79 Å². The maximum Gasteiger partial charge on any atom is 0.253 e. The largest absolute Gasteiger partial charge is 0.399 e. The molecule has 1 atom stereocenters. The zero-order valence-electron chi connectivity index (χ0n) is 11.4. The molecule has 0 spiro atoms. The molecule has 2 rings (SSSR count). The molecule has 0 bridgehead atoms. The van der Waals surface area contributed by atoms with Crippen molar-refractivity contribution in [3.8, 4) is 0 Å². The van der Waals surface area contributed by atoms with Crippen molar-refractivity contribution >= 4 is 24.0 Å².